The summed E-state index contributed by atoms with van der Waals surface area (Å²) in [6, 6.07) is 13.2. The molecule has 0 radical (unpaired) electrons. The van der Waals surface area contributed by atoms with Crippen molar-refractivity contribution in [3.8, 4) is 11.4 Å². The van der Waals surface area contributed by atoms with E-state index in [-0.39, 0.29) is 5.95 Å². The van der Waals surface area contributed by atoms with E-state index < -0.39 is 0 Å². The number of hydrogen-bond donors (Lipinski definition) is 2. The van der Waals surface area contributed by atoms with Crippen molar-refractivity contribution in [1.82, 2.24) is 15.0 Å². The number of aromatic nitrogens is 3. The van der Waals surface area contributed by atoms with E-state index in [0.29, 0.717) is 22.7 Å². The van der Waals surface area contributed by atoms with Gasteiger partial charge in [-0.25, -0.2) is 0 Å². The van der Waals surface area contributed by atoms with Crippen LogP contribution in [0.4, 0.5) is 17.6 Å². The molecular formula is C17H15Cl2N5. The van der Waals surface area contributed by atoms with E-state index in [1.165, 1.54) is 0 Å². The number of hydrogen-bond acceptors (Lipinski definition) is 5. The first-order valence-electron chi connectivity index (χ1n) is 7.25. The molecule has 1 aromatic heterocycles. The highest BCUT2D eigenvalue weighted by Gasteiger charge is 2.10. The van der Waals surface area contributed by atoms with Crippen LogP contribution in [0.5, 0.6) is 0 Å². The molecule has 0 atom stereocenters. The van der Waals surface area contributed by atoms with Crippen LogP contribution in [0.3, 0.4) is 0 Å². The third-order valence-corrected chi connectivity index (χ3v) is 4.00. The smallest absolute Gasteiger partial charge is 0.232 e. The number of nitrogen functional groups attached to an aromatic ring is 1. The maximum absolute atomic E-state index is 6.08. The number of halogens is 2. The zero-order valence-corrected chi connectivity index (χ0v) is 14.4. The standard InChI is InChI=1S/C17H15Cl2N5/c1-10-2-5-12(19)8-14(10)15-22-16(20)24-17(23-15)21-13-6-3-11(9-18)4-7-13/h2-8H,9H2,1H3,(H3,20,21,22,23,24). The van der Waals surface area contributed by atoms with Crippen LogP contribution in [0.25, 0.3) is 11.4 Å². The van der Waals surface area contributed by atoms with Gasteiger partial charge in [0.05, 0.1) is 0 Å². The third kappa shape index (κ3) is 3.75. The van der Waals surface area contributed by atoms with Crippen molar-refractivity contribution in [2.75, 3.05) is 11.1 Å². The number of alkyl halides is 1. The monoisotopic (exact) mass is 359 g/mol. The fourth-order valence-corrected chi connectivity index (χ4v) is 2.56. The highest BCUT2D eigenvalue weighted by molar-refractivity contribution is 6.30. The number of rotatable bonds is 4. The summed E-state index contributed by atoms with van der Waals surface area (Å²) in [6.07, 6.45) is 0. The molecule has 7 heteroatoms. The van der Waals surface area contributed by atoms with Gasteiger partial charge in [-0.1, -0.05) is 29.8 Å². The Hall–Kier alpha value is -2.37. The van der Waals surface area contributed by atoms with Gasteiger partial charge in [0.25, 0.3) is 0 Å². The lowest BCUT2D eigenvalue weighted by molar-refractivity contribution is 1.07. The molecule has 5 nitrogen and oxygen atoms in total. The summed E-state index contributed by atoms with van der Waals surface area (Å²) >= 11 is 11.9. The fourth-order valence-electron chi connectivity index (χ4n) is 2.21. The highest BCUT2D eigenvalue weighted by Crippen LogP contribution is 2.25. The van der Waals surface area contributed by atoms with Crippen LogP contribution in [0.2, 0.25) is 5.02 Å². The number of aryl methyl sites for hydroxylation is 1. The summed E-state index contributed by atoms with van der Waals surface area (Å²) in [5.41, 5.74) is 9.52. The van der Waals surface area contributed by atoms with E-state index in [1.54, 1.807) is 0 Å². The number of anilines is 3. The molecule has 122 valence electrons. The van der Waals surface area contributed by atoms with E-state index in [2.05, 4.69) is 20.3 Å². The molecule has 0 aliphatic heterocycles. The lowest BCUT2D eigenvalue weighted by atomic mass is 10.1. The van der Waals surface area contributed by atoms with E-state index >= 15 is 0 Å². The second-order valence-electron chi connectivity index (χ2n) is 5.26. The molecule has 0 bridgehead atoms. The molecular weight excluding hydrogens is 345 g/mol. The highest BCUT2D eigenvalue weighted by atomic mass is 35.5. The van der Waals surface area contributed by atoms with Crippen molar-refractivity contribution in [3.05, 3.63) is 58.6 Å². The maximum Gasteiger partial charge on any atom is 0.232 e. The van der Waals surface area contributed by atoms with Gasteiger partial charge < -0.3 is 11.1 Å². The van der Waals surface area contributed by atoms with E-state index in [1.807, 2.05) is 49.4 Å². The van der Waals surface area contributed by atoms with Crippen LogP contribution in [0, 0.1) is 6.92 Å². The molecule has 0 amide bonds. The van der Waals surface area contributed by atoms with Crippen molar-refractivity contribution in [2.24, 2.45) is 0 Å². The van der Waals surface area contributed by atoms with Gasteiger partial charge in [0.1, 0.15) is 0 Å². The van der Waals surface area contributed by atoms with Gasteiger partial charge in [0.2, 0.25) is 11.9 Å². The predicted molar refractivity (Wildman–Crippen MR) is 98.7 cm³/mol. The van der Waals surface area contributed by atoms with Gasteiger partial charge in [-0.05, 0) is 42.3 Å². The molecule has 1 heterocycles. The van der Waals surface area contributed by atoms with E-state index in [0.717, 1.165) is 22.4 Å². The van der Waals surface area contributed by atoms with Crippen molar-refractivity contribution < 1.29 is 0 Å². The number of nitrogens with zero attached hydrogens (tertiary/aromatic N) is 3. The third-order valence-electron chi connectivity index (χ3n) is 3.46. The molecule has 0 spiro atoms. The topological polar surface area (TPSA) is 76.7 Å². The van der Waals surface area contributed by atoms with Crippen LogP contribution in [-0.2, 0) is 5.88 Å². The van der Waals surface area contributed by atoms with Crippen LogP contribution in [-0.4, -0.2) is 15.0 Å². The summed E-state index contributed by atoms with van der Waals surface area (Å²) in [5.74, 6) is 1.45. The first kappa shape index (κ1) is 16.5. The van der Waals surface area contributed by atoms with Gasteiger partial charge >= 0.3 is 0 Å². The van der Waals surface area contributed by atoms with Gasteiger partial charge in [-0.15, -0.1) is 11.6 Å². The van der Waals surface area contributed by atoms with Gasteiger partial charge in [0.15, 0.2) is 5.82 Å². The molecule has 3 aromatic rings. The Morgan fingerprint density at radius 2 is 1.79 bits per heavy atom. The Bertz CT molecular complexity index is 865. The fraction of sp³-hybridized carbons (Fsp3) is 0.118. The molecule has 24 heavy (non-hydrogen) atoms. The van der Waals surface area contributed by atoms with Crippen molar-refractivity contribution in [2.45, 2.75) is 12.8 Å². The minimum atomic E-state index is 0.138. The summed E-state index contributed by atoms with van der Waals surface area (Å²) in [4.78, 5) is 12.8. The molecule has 0 aliphatic carbocycles. The van der Waals surface area contributed by atoms with Crippen LogP contribution >= 0.6 is 23.2 Å². The molecule has 0 aliphatic rings. The zero-order valence-electron chi connectivity index (χ0n) is 12.9. The van der Waals surface area contributed by atoms with Gasteiger partial charge in [-0.2, -0.15) is 15.0 Å². The predicted octanol–water partition coefficient (Wildman–Crippen LogP) is 4.57. The van der Waals surface area contributed by atoms with Crippen LogP contribution < -0.4 is 11.1 Å². The normalized spacial score (nSPS) is 10.6. The van der Waals surface area contributed by atoms with E-state index in [4.69, 9.17) is 28.9 Å². The van der Waals surface area contributed by atoms with Crippen LogP contribution in [0.15, 0.2) is 42.5 Å². The van der Waals surface area contributed by atoms with Gasteiger partial charge in [-0.3, -0.25) is 0 Å². The first-order chi connectivity index (χ1) is 11.5. The molecule has 0 saturated heterocycles. The molecule has 0 saturated carbocycles. The Morgan fingerprint density at radius 1 is 1.04 bits per heavy atom. The molecule has 0 fully saturated rings. The first-order valence-corrected chi connectivity index (χ1v) is 8.16. The minimum absolute atomic E-state index is 0.138. The summed E-state index contributed by atoms with van der Waals surface area (Å²) in [7, 11) is 0. The molecule has 3 N–H and O–H groups in total. The zero-order chi connectivity index (χ0) is 17.1. The number of nitrogens with one attached hydrogen (secondary N) is 1. The molecule has 0 unspecified atom stereocenters. The average molecular weight is 360 g/mol. The second kappa shape index (κ2) is 7.03. The number of benzene rings is 2. The summed E-state index contributed by atoms with van der Waals surface area (Å²) in [5, 5.41) is 3.73. The van der Waals surface area contributed by atoms with Crippen LogP contribution in [0.1, 0.15) is 11.1 Å². The van der Waals surface area contributed by atoms with Crippen molar-refractivity contribution >= 4 is 40.8 Å². The SMILES string of the molecule is Cc1ccc(Cl)cc1-c1nc(N)nc(Nc2ccc(CCl)cc2)n1. The van der Waals surface area contributed by atoms with Gasteiger partial charge in [0, 0.05) is 22.2 Å². The molecule has 3 rings (SSSR count). The quantitative estimate of drug-likeness (QED) is 0.667. The Kier molecular flexibility index (Phi) is 4.83. The van der Waals surface area contributed by atoms with E-state index in [9.17, 15) is 0 Å². The Labute approximate surface area is 149 Å². The largest absolute Gasteiger partial charge is 0.368 e. The Balaban J connectivity index is 1.95. The Morgan fingerprint density at radius 3 is 2.50 bits per heavy atom. The maximum atomic E-state index is 6.08. The average Bonchev–Trinajstić information content (AvgIpc) is 2.57. The van der Waals surface area contributed by atoms with Crippen molar-refractivity contribution in [3.63, 3.8) is 0 Å². The molecule has 2 aromatic carbocycles. The van der Waals surface area contributed by atoms with Crippen molar-refractivity contribution in [1.29, 1.82) is 0 Å². The summed E-state index contributed by atoms with van der Waals surface area (Å²) in [6.45, 7) is 1.96. The minimum Gasteiger partial charge on any atom is -0.368 e. The summed E-state index contributed by atoms with van der Waals surface area (Å²) < 4.78 is 0. The lowest BCUT2D eigenvalue weighted by Gasteiger charge is -2.09. The number of nitrogens with two attached hydrogens (primary N) is 1. The lowest BCUT2D eigenvalue weighted by Crippen LogP contribution is -2.05. The second-order valence-corrected chi connectivity index (χ2v) is 5.96.